The van der Waals surface area contributed by atoms with E-state index in [4.69, 9.17) is 60.2 Å². The lowest BCUT2D eigenvalue weighted by atomic mass is 9.92. The molecule has 0 fully saturated rings. The van der Waals surface area contributed by atoms with E-state index >= 15 is 0 Å². The number of nitrogens with two attached hydrogens (primary N) is 7. The van der Waals surface area contributed by atoms with Gasteiger partial charge in [-0.1, -0.05) is 179 Å². The van der Waals surface area contributed by atoms with Crippen LogP contribution in [-0.2, 0) is 52.7 Å². The number of Topliss-reactive ketones (excluding diaryl/α,β-unsaturated/α-hetero) is 7. The van der Waals surface area contributed by atoms with E-state index in [0.29, 0.717) is 116 Å². The number of carbonyl (C=O) groups is 10. The third kappa shape index (κ3) is 106. The molecule has 21 nitrogen and oxygen atoms in total. The standard InChI is InChI=1S/C9H18N2O2.C9H18O2.2C8H17NO2.C8H16O.C8H18.C7H15NO2.C7H15NOS.C6H13NO.C6H12O/c1-6(2)5-8(12)7(10)3-4-9(11)13;1-7(2)6-8(10)11-9(3,4)5;1-5(2)4-7(11)8(9)6(3)10;1-5(2)4-7(6(3)10)8(9)11;1-6(2)5-8(9)7(3)4;1-7(2)5-6-8(3)4;1-5(2)3-7(10)6(8)4-9;1-5(2)3-7(9)6(8)4-10;1-5(2)3-6(8)4-7;1-5(2)4-6(3)7/h6-7H,3-5,10H2,1-2H3,(H2,11,13);7H,6H2,1-5H3;5-6,8,10H,4,9H2,1-3H3;5-7,10H,4H2,1-3H3,(H2,9,11);6-7H,5H2,1-4H3;7-8H,5-6H2,1-4H3;5-6,9H,3-4,8H2,1-2H3;5-6,10H,3-4,8H2,1-2H3;5H,3-4,7H2,1-2H3;5H,4H2,1-3H3/t7-;;6-,8+;6-,7+;;;2*6-;;/m0.11..00../s1. The molecule has 588 valence electrons. The number of primary amides is 2. The maximum absolute atomic E-state index is 11.3. The molecule has 0 aliphatic rings. The van der Waals surface area contributed by atoms with Crippen LogP contribution in [0, 0.1) is 76.9 Å². The Hall–Kier alpha value is -3.87. The van der Waals surface area contributed by atoms with Crippen molar-refractivity contribution in [3.05, 3.63) is 0 Å². The molecule has 0 bridgehead atoms. The van der Waals surface area contributed by atoms with Gasteiger partial charge < -0.3 is 65.0 Å². The predicted molar refractivity (Wildman–Crippen MR) is 412 cm³/mol. The molecular formula is C76H159N7O14S. The second-order valence-electron chi connectivity index (χ2n) is 31.5. The third-order valence-corrected chi connectivity index (χ3v) is 12.9. The molecule has 7 atom stereocenters. The normalized spacial score (nSPS) is 13.0. The highest BCUT2D eigenvalue weighted by Gasteiger charge is 2.23. The second kappa shape index (κ2) is 70.2. The first-order valence-corrected chi connectivity index (χ1v) is 36.6. The van der Waals surface area contributed by atoms with Crippen molar-refractivity contribution in [3.63, 3.8) is 0 Å². The van der Waals surface area contributed by atoms with E-state index in [1.807, 2.05) is 145 Å². The summed E-state index contributed by atoms with van der Waals surface area (Å²) in [6.45, 7) is 59.3. The first kappa shape index (κ1) is 115. The van der Waals surface area contributed by atoms with Gasteiger partial charge in [0, 0.05) is 69.5 Å². The van der Waals surface area contributed by atoms with Gasteiger partial charge in [-0.25, -0.2) is 0 Å². The number of thiol groups is 1. The zero-order chi connectivity index (χ0) is 80.3. The van der Waals surface area contributed by atoms with Crippen molar-refractivity contribution in [2.24, 2.45) is 117 Å². The van der Waals surface area contributed by atoms with Crippen LogP contribution in [0.5, 0.6) is 0 Å². The highest BCUT2D eigenvalue weighted by atomic mass is 32.1. The predicted octanol–water partition coefficient (Wildman–Crippen LogP) is 11.7. The summed E-state index contributed by atoms with van der Waals surface area (Å²) >= 11 is 3.93. The van der Waals surface area contributed by atoms with E-state index in [0.717, 1.165) is 24.7 Å². The average Bonchev–Trinajstić information content (AvgIpc) is 1.00. The molecule has 0 saturated heterocycles. The molecular weight excluding hydrogens is 1270 g/mol. The third-order valence-electron chi connectivity index (χ3n) is 12.5. The molecule has 0 aliphatic carbocycles. The lowest BCUT2D eigenvalue weighted by Gasteiger charge is -2.19. The van der Waals surface area contributed by atoms with Gasteiger partial charge in [-0.2, -0.15) is 12.6 Å². The van der Waals surface area contributed by atoms with Crippen LogP contribution in [0.25, 0.3) is 0 Å². The Morgan fingerprint density at radius 1 is 0.418 bits per heavy atom. The zero-order valence-corrected chi connectivity index (χ0v) is 69.0. The summed E-state index contributed by atoms with van der Waals surface area (Å²) in [5, 5.41) is 26.6. The van der Waals surface area contributed by atoms with Crippen LogP contribution in [-0.4, -0.2) is 134 Å². The maximum atomic E-state index is 11.3. The highest BCUT2D eigenvalue weighted by molar-refractivity contribution is 7.80. The highest BCUT2D eigenvalue weighted by Crippen LogP contribution is 2.16. The average molecular weight is 1430 g/mol. The van der Waals surface area contributed by atoms with Gasteiger partial charge in [0.05, 0.1) is 55.4 Å². The van der Waals surface area contributed by atoms with E-state index < -0.39 is 48.1 Å². The smallest absolute Gasteiger partial charge is 0.306 e. The topological polar surface area (TPSA) is 423 Å². The summed E-state index contributed by atoms with van der Waals surface area (Å²) in [5.41, 5.74) is 36.4. The maximum Gasteiger partial charge on any atom is 0.306 e. The van der Waals surface area contributed by atoms with Crippen molar-refractivity contribution in [2.75, 3.05) is 18.9 Å². The van der Waals surface area contributed by atoms with Crippen LogP contribution in [0.3, 0.4) is 0 Å². The number of rotatable bonds is 35. The van der Waals surface area contributed by atoms with Gasteiger partial charge in [-0.15, -0.1) is 0 Å². The van der Waals surface area contributed by atoms with Gasteiger partial charge in [0.25, 0.3) is 0 Å². The molecule has 17 N–H and O–H groups in total. The van der Waals surface area contributed by atoms with E-state index in [2.05, 4.69) is 54.2 Å². The summed E-state index contributed by atoms with van der Waals surface area (Å²) in [6, 6.07) is -2.29. The monoisotopic (exact) mass is 1430 g/mol. The van der Waals surface area contributed by atoms with Gasteiger partial charge in [0.2, 0.25) is 11.8 Å². The molecule has 0 saturated carbocycles. The van der Waals surface area contributed by atoms with E-state index in [9.17, 15) is 47.9 Å². The van der Waals surface area contributed by atoms with E-state index in [-0.39, 0.29) is 77.8 Å². The first-order valence-electron chi connectivity index (χ1n) is 36.0. The van der Waals surface area contributed by atoms with Crippen LogP contribution in [0.2, 0.25) is 0 Å². The van der Waals surface area contributed by atoms with Crippen LogP contribution in [0.4, 0.5) is 0 Å². The number of esters is 1. The fraction of sp³-hybridized carbons (Fsp3) is 0.868. The Bertz CT molecular complexity index is 1980. The van der Waals surface area contributed by atoms with Gasteiger partial charge in [-0.05, 0) is 119 Å². The molecule has 0 heterocycles. The molecule has 0 aliphatic heterocycles. The number of ketones is 7. The molecule has 22 heteroatoms. The van der Waals surface area contributed by atoms with Crippen molar-refractivity contribution < 1.29 is 68.0 Å². The summed E-state index contributed by atoms with van der Waals surface area (Å²) in [5.74, 6) is 5.56. The van der Waals surface area contributed by atoms with E-state index in [1.165, 1.54) is 19.8 Å². The molecule has 0 aromatic heterocycles. The fourth-order valence-corrected chi connectivity index (χ4v) is 7.53. The molecule has 0 aromatic carbocycles. The molecule has 98 heavy (non-hydrogen) atoms. The summed E-state index contributed by atoms with van der Waals surface area (Å²) in [7, 11) is 0. The van der Waals surface area contributed by atoms with Crippen LogP contribution >= 0.6 is 12.6 Å². The SMILES string of the molecule is CC(=O)CC(C)C.CC(C)CC(=O)C(C)C.CC(C)CC(=O)CN.CC(C)CC(=O)OC(C)(C)C.CC(C)CC(=O)[C@@H](N)CCC(N)=O.CC(C)CC(=O)[C@@H](N)CO.CC(C)CC(=O)[C@@H](N)CS.CC(C)CC(=O)[C@@H](N)[C@@H](C)O.CC(C)CCC(C)C.CC(C)C[C@H](C(N)=O)[C@@H](C)O. The minimum absolute atomic E-state index is 0.0104. The molecule has 2 amide bonds. The molecule has 0 radical (unpaired) electrons. The van der Waals surface area contributed by atoms with Gasteiger partial charge in [0.1, 0.15) is 28.7 Å². The Labute approximate surface area is 605 Å². The largest absolute Gasteiger partial charge is 0.460 e. The summed E-state index contributed by atoms with van der Waals surface area (Å²) < 4.78 is 5.11. The fourth-order valence-electron chi connectivity index (χ4n) is 7.32. The van der Waals surface area contributed by atoms with Crippen molar-refractivity contribution in [1.82, 2.24) is 0 Å². The van der Waals surface area contributed by atoms with Crippen LogP contribution in [0.15, 0.2) is 0 Å². The van der Waals surface area contributed by atoms with Crippen LogP contribution < -0.4 is 40.1 Å². The number of amides is 2. The van der Waals surface area contributed by atoms with Gasteiger partial charge >= 0.3 is 5.97 Å². The summed E-state index contributed by atoms with van der Waals surface area (Å²) in [6.07, 6.45) is 7.16. The Kier molecular flexibility index (Phi) is 82.6. The minimum Gasteiger partial charge on any atom is -0.460 e. The van der Waals surface area contributed by atoms with E-state index in [1.54, 1.807) is 13.8 Å². The molecule has 0 unspecified atom stereocenters. The molecule has 0 spiro atoms. The lowest BCUT2D eigenvalue weighted by molar-refractivity contribution is -0.155. The first-order chi connectivity index (χ1) is 44.2. The number of hydrogen-bond acceptors (Lipinski definition) is 20. The molecule has 0 rings (SSSR count). The number of aliphatic hydroxyl groups excluding tert-OH is 3. The number of carbonyl (C=O) groups excluding carboxylic acids is 10. The minimum atomic E-state index is -0.735. The lowest BCUT2D eigenvalue weighted by Crippen LogP contribution is -2.40. The Morgan fingerprint density at radius 2 is 0.745 bits per heavy atom. The van der Waals surface area contributed by atoms with Crippen molar-refractivity contribution in [3.8, 4) is 0 Å². The van der Waals surface area contributed by atoms with Gasteiger partial charge in [-0.3, -0.25) is 43.2 Å². The Balaban J connectivity index is -0.000000110. The number of aliphatic hydroxyl groups is 3. The van der Waals surface area contributed by atoms with Crippen LogP contribution in [0.1, 0.15) is 291 Å². The quantitative estimate of drug-likeness (QED) is 0.0207. The zero-order valence-electron chi connectivity index (χ0n) is 68.1. The van der Waals surface area contributed by atoms with Crippen molar-refractivity contribution in [1.29, 1.82) is 0 Å². The summed E-state index contributed by atoms with van der Waals surface area (Å²) in [4.78, 5) is 108. The Morgan fingerprint density at radius 3 is 0.939 bits per heavy atom. The number of hydrogen-bond donors (Lipinski definition) is 11. The van der Waals surface area contributed by atoms with Gasteiger partial charge in [0.15, 0.2) is 17.3 Å². The number of ether oxygens (including phenoxy) is 1. The van der Waals surface area contributed by atoms with Crippen molar-refractivity contribution in [2.45, 2.75) is 333 Å². The second-order valence-corrected chi connectivity index (χ2v) is 31.9. The molecule has 0 aromatic rings. The van der Waals surface area contributed by atoms with Crippen molar-refractivity contribution >= 4 is 70.9 Å².